The number of thiocarbonyl (C=S) groups is 1. The van der Waals surface area contributed by atoms with Crippen molar-refractivity contribution in [3.8, 4) is 0 Å². The molecule has 1 heterocycles. The van der Waals surface area contributed by atoms with Crippen LogP contribution in [0.5, 0.6) is 0 Å². The molecular formula is C18H23N5O2S. The van der Waals surface area contributed by atoms with E-state index in [0.717, 1.165) is 6.42 Å². The molecule has 0 radical (unpaired) electrons. The van der Waals surface area contributed by atoms with Gasteiger partial charge in [-0.15, -0.1) is 0 Å². The summed E-state index contributed by atoms with van der Waals surface area (Å²) in [5.41, 5.74) is 5.08. The van der Waals surface area contributed by atoms with E-state index in [9.17, 15) is 9.59 Å². The summed E-state index contributed by atoms with van der Waals surface area (Å²) < 4.78 is 0. The number of hydrazine groups is 1. The number of nitrogens with zero attached hydrogens (tertiary/aromatic N) is 1. The molecule has 1 amide bonds. The maximum atomic E-state index is 12.4. The maximum Gasteiger partial charge on any atom is 0.290 e. The molecule has 3 rings (SSSR count). The van der Waals surface area contributed by atoms with Gasteiger partial charge < -0.3 is 5.32 Å². The van der Waals surface area contributed by atoms with Gasteiger partial charge in [-0.2, -0.15) is 5.10 Å². The SMILES string of the molecule is C[C@@H]1[C@H](C)CCC[C@H]1NC(=S)NNC(=O)c1n[nH]c(=O)c2ccccc12. The molecule has 1 saturated carbocycles. The highest BCUT2D eigenvalue weighted by Crippen LogP contribution is 2.29. The number of fused-ring (bicyclic) bond motifs is 1. The molecule has 8 heteroatoms. The van der Waals surface area contributed by atoms with Crippen LogP contribution >= 0.6 is 12.2 Å². The second-order valence-corrected chi connectivity index (χ2v) is 7.28. The van der Waals surface area contributed by atoms with E-state index >= 15 is 0 Å². The molecular weight excluding hydrogens is 350 g/mol. The van der Waals surface area contributed by atoms with Crippen molar-refractivity contribution >= 4 is 34.0 Å². The van der Waals surface area contributed by atoms with E-state index in [1.165, 1.54) is 12.8 Å². The number of aromatic amines is 1. The van der Waals surface area contributed by atoms with Crippen molar-refractivity contribution in [2.24, 2.45) is 11.8 Å². The van der Waals surface area contributed by atoms with Crippen molar-refractivity contribution < 1.29 is 4.79 Å². The minimum atomic E-state index is -0.466. The quantitative estimate of drug-likeness (QED) is 0.474. The summed E-state index contributed by atoms with van der Waals surface area (Å²) in [7, 11) is 0. The van der Waals surface area contributed by atoms with Crippen LogP contribution in [0.15, 0.2) is 29.1 Å². The number of nitrogens with one attached hydrogen (secondary N) is 4. The van der Waals surface area contributed by atoms with E-state index in [4.69, 9.17) is 12.2 Å². The zero-order valence-corrected chi connectivity index (χ0v) is 15.7. The van der Waals surface area contributed by atoms with E-state index in [1.54, 1.807) is 24.3 Å². The molecule has 2 aromatic rings. The molecule has 0 unspecified atom stereocenters. The predicted octanol–water partition coefficient (Wildman–Crippen LogP) is 1.86. The van der Waals surface area contributed by atoms with Gasteiger partial charge in [-0.05, 0) is 36.5 Å². The molecule has 4 N–H and O–H groups in total. The Morgan fingerprint density at radius 2 is 1.92 bits per heavy atom. The Hall–Kier alpha value is -2.48. The second kappa shape index (κ2) is 7.82. The Morgan fingerprint density at radius 1 is 1.19 bits per heavy atom. The van der Waals surface area contributed by atoms with Gasteiger partial charge in [0.15, 0.2) is 10.8 Å². The van der Waals surface area contributed by atoms with E-state index in [-0.39, 0.29) is 11.3 Å². The van der Waals surface area contributed by atoms with E-state index in [2.05, 4.69) is 40.2 Å². The number of carbonyl (C=O) groups is 1. The molecule has 0 spiro atoms. The summed E-state index contributed by atoms with van der Waals surface area (Å²) >= 11 is 5.30. The number of benzene rings is 1. The van der Waals surface area contributed by atoms with Gasteiger partial charge in [0, 0.05) is 11.4 Å². The van der Waals surface area contributed by atoms with Crippen molar-refractivity contribution in [2.45, 2.75) is 39.2 Å². The van der Waals surface area contributed by atoms with Crippen LogP contribution in [-0.4, -0.2) is 27.3 Å². The predicted molar refractivity (Wildman–Crippen MR) is 105 cm³/mol. The van der Waals surface area contributed by atoms with Crippen LogP contribution in [0, 0.1) is 11.8 Å². The molecule has 0 bridgehead atoms. The van der Waals surface area contributed by atoms with Crippen LogP contribution in [0.1, 0.15) is 43.6 Å². The molecule has 3 atom stereocenters. The lowest BCUT2D eigenvalue weighted by Gasteiger charge is -2.35. The van der Waals surface area contributed by atoms with Gasteiger partial charge in [0.25, 0.3) is 11.5 Å². The van der Waals surface area contributed by atoms with Gasteiger partial charge in [-0.1, -0.05) is 44.9 Å². The van der Waals surface area contributed by atoms with Crippen LogP contribution in [0.25, 0.3) is 10.8 Å². The molecule has 0 aliphatic heterocycles. The number of aromatic nitrogens is 2. The zero-order valence-electron chi connectivity index (χ0n) is 14.8. The van der Waals surface area contributed by atoms with E-state index < -0.39 is 5.91 Å². The lowest BCUT2D eigenvalue weighted by Crippen LogP contribution is -2.52. The van der Waals surface area contributed by atoms with E-state index in [1.807, 2.05) is 0 Å². The Kier molecular flexibility index (Phi) is 5.51. The summed E-state index contributed by atoms with van der Waals surface area (Å²) in [6.07, 6.45) is 3.47. The number of H-pyrrole nitrogens is 1. The highest BCUT2D eigenvalue weighted by atomic mass is 32.1. The molecule has 7 nitrogen and oxygen atoms in total. The first kappa shape index (κ1) is 18.3. The minimum absolute atomic E-state index is 0.134. The van der Waals surface area contributed by atoms with Crippen molar-refractivity contribution in [3.63, 3.8) is 0 Å². The van der Waals surface area contributed by atoms with Gasteiger partial charge in [0.2, 0.25) is 0 Å². The Morgan fingerprint density at radius 3 is 2.69 bits per heavy atom. The standard InChI is InChI=1S/C18H23N5O2S/c1-10-6-5-9-14(11(10)2)19-18(26)23-22-17(25)15-12-7-3-4-8-13(12)16(24)21-20-15/h3-4,7-8,10-11,14H,5-6,9H2,1-2H3,(H,21,24)(H,22,25)(H2,19,23,26)/t10-,11-,14-/m1/s1. The van der Waals surface area contributed by atoms with Crippen molar-refractivity contribution in [2.75, 3.05) is 0 Å². The monoisotopic (exact) mass is 373 g/mol. The van der Waals surface area contributed by atoms with Crippen LogP contribution in [0.2, 0.25) is 0 Å². The highest BCUT2D eigenvalue weighted by Gasteiger charge is 2.27. The van der Waals surface area contributed by atoms with Crippen LogP contribution in [0.3, 0.4) is 0 Å². The Balaban J connectivity index is 1.63. The average molecular weight is 373 g/mol. The lowest BCUT2D eigenvalue weighted by molar-refractivity contribution is 0.0939. The molecule has 1 aliphatic carbocycles. The summed E-state index contributed by atoms with van der Waals surface area (Å²) in [6, 6.07) is 7.13. The fraction of sp³-hybridized carbons (Fsp3) is 0.444. The zero-order chi connectivity index (χ0) is 18.7. The molecule has 1 aromatic heterocycles. The fourth-order valence-electron chi connectivity index (χ4n) is 3.45. The molecule has 26 heavy (non-hydrogen) atoms. The molecule has 1 fully saturated rings. The second-order valence-electron chi connectivity index (χ2n) is 6.87. The van der Waals surface area contributed by atoms with Gasteiger partial charge in [0.1, 0.15) is 0 Å². The highest BCUT2D eigenvalue weighted by molar-refractivity contribution is 7.80. The lowest BCUT2D eigenvalue weighted by atomic mass is 9.78. The Bertz CT molecular complexity index is 881. The third-order valence-corrected chi connectivity index (χ3v) is 5.44. The first-order valence-corrected chi connectivity index (χ1v) is 9.22. The van der Waals surface area contributed by atoms with Gasteiger partial charge >= 0.3 is 0 Å². The summed E-state index contributed by atoms with van der Waals surface area (Å²) in [6.45, 7) is 4.47. The first-order valence-electron chi connectivity index (χ1n) is 8.81. The molecule has 138 valence electrons. The van der Waals surface area contributed by atoms with Crippen LogP contribution < -0.4 is 21.7 Å². The number of hydrogen-bond acceptors (Lipinski definition) is 4. The topological polar surface area (TPSA) is 98.9 Å². The molecule has 1 aliphatic rings. The minimum Gasteiger partial charge on any atom is -0.358 e. The van der Waals surface area contributed by atoms with Crippen molar-refractivity contribution in [1.29, 1.82) is 0 Å². The third kappa shape index (κ3) is 3.85. The average Bonchev–Trinajstić information content (AvgIpc) is 2.64. The first-order chi connectivity index (χ1) is 12.5. The summed E-state index contributed by atoms with van der Waals surface area (Å²) in [4.78, 5) is 24.2. The van der Waals surface area contributed by atoms with Gasteiger partial charge in [-0.3, -0.25) is 20.4 Å². The van der Waals surface area contributed by atoms with Crippen molar-refractivity contribution in [1.82, 2.24) is 26.4 Å². The summed E-state index contributed by atoms with van der Waals surface area (Å²) in [5.74, 6) is 0.700. The van der Waals surface area contributed by atoms with E-state index in [0.29, 0.717) is 33.8 Å². The van der Waals surface area contributed by atoms with Crippen LogP contribution in [-0.2, 0) is 0 Å². The number of carbonyl (C=O) groups excluding carboxylic acids is 1. The maximum absolute atomic E-state index is 12.4. The number of rotatable bonds is 2. The smallest absolute Gasteiger partial charge is 0.290 e. The summed E-state index contributed by atoms with van der Waals surface area (Å²) in [5, 5.41) is 10.8. The third-order valence-electron chi connectivity index (χ3n) is 5.22. The van der Waals surface area contributed by atoms with Crippen LogP contribution in [0.4, 0.5) is 0 Å². The largest absolute Gasteiger partial charge is 0.358 e. The van der Waals surface area contributed by atoms with Crippen molar-refractivity contribution in [3.05, 3.63) is 40.3 Å². The Labute approximate surface area is 156 Å². The van der Waals surface area contributed by atoms with Gasteiger partial charge in [0.05, 0.1) is 5.39 Å². The number of amides is 1. The molecule has 1 aromatic carbocycles. The van der Waals surface area contributed by atoms with Gasteiger partial charge in [-0.25, -0.2) is 5.10 Å². The fourth-order valence-corrected chi connectivity index (χ4v) is 3.65. The normalized spacial score (nSPS) is 22.6. The molecule has 0 saturated heterocycles. The number of hydrogen-bond donors (Lipinski definition) is 4.